The van der Waals surface area contributed by atoms with Gasteiger partial charge in [-0.05, 0) is 19.3 Å². The monoisotopic (exact) mass is 270 g/mol. The van der Waals surface area contributed by atoms with Crippen molar-refractivity contribution in [1.29, 1.82) is 0 Å². The molecule has 4 heteroatoms. The van der Waals surface area contributed by atoms with Gasteiger partial charge >= 0.3 is 5.97 Å². The molecule has 0 amide bonds. The molecule has 1 fully saturated rings. The SMILES string of the molecule is COC(=O)CCCCCCC/C=C\CC1OCCO1. The van der Waals surface area contributed by atoms with Gasteiger partial charge in [0.05, 0.1) is 20.3 Å². The van der Waals surface area contributed by atoms with Gasteiger partial charge in [0.1, 0.15) is 0 Å². The van der Waals surface area contributed by atoms with Crippen LogP contribution >= 0.6 is 0 Å². The van der Waals surface area contributed by atoms with Gasteiger partial charge in [-0.15, -0.1) is 0 Å². The van der Waals surface area contributed by atoms with Crippen molar-refractivity contribution in [2.45, 2.75) is 57.7 Å². The number of ether oxygens (including phenoxy) is 3. The Hall–Kier alpha value is -0.870. The van der Waals surface area contributed by atoms with Gasteiger partial charge in [0.2, 0.25) is 0 Å². The first-order valence-corrected chi connectivity index (χ1v) is 7.28. The van der Waals surface area contributed by atoms with E-state index in [0.717, 1.165) is 38.9 Å². The van der Waals surface area contributed by atoms with E-state index < -0.39 is 0 Å². The summed E-state index contributed by atoms with van der Waals surface area (Å²) in [5.74, 6) is -0.0979. The van der Waals surface area contributed by atoms with Crippen LogP contribution in [0.25, 0.3) is 0 Å². The molecule has 1 saturated heterocycles. The first-order valence-electron chi connectivity index (χ1n) is 7.28. The molecule has 19 heavy (non-hydrogen) atoms. The summed E-state index contributed by atoms with van der Waals surface area (Å²) in [6, 6.07) is 0. The van der Waals surface area contributed by atoms with Crippen molar-refractivity contribution in [3.63, 3.8) is 0 Å². The largest absolute Gasteiger partial charge is 0.469 e. The van der Waals surface area contributed by atoms with Crippen molar-refractivity contribution < 1.29 is 19.0 Å². The molecule has 0 bridgehead atoms. The van der Waals surface area contributed by atoms with Crippen molar-refractivity contribution in [3.8, 4) is 0 Å². The summed E-state index contributed by atoms with van der Waals surface area (Å²) in [5.41, 5.74) is 0. The van der Waals surface area contributed by atoms with Crippen LogP contribution in [0.4, 0.5) is 0 Å². The summed E-state index contributed by atoms with van der Waals surface area (Å²) < 4.78 is 15.3. The van der Waals surface area contributed by atoms with E-state index in [4.69, 9.17) is 9.47 Å². The van der Waals surface area contributed by atoms with E-state index in [9.17, 15) is 4.79 Å². The van der Waals surface area contributed by atoms with Crippen LogP contribution in [0.15, 0.2) is 12.2 Å². The first kappa shape index (κ1) is 16.2. The van der Waals surface area contributed by atoms with Gasteiger partial charge in [-0.25, -0.2) is 0 Å². The maximum atomic E-state index is 10.9. The minimum absolute atomic E-state index is 0.0189. The summed E-state index contributed by atoms with van der Waals surface area (Å²) >= 11 is 0. The zero-order valence-corrected chi connectivity index (χ0v) is 11.9. The lowest BCUT2D eigenvalue weighted by Crippen LogP contribution is -2.04. The second-order valence-electron chi connectivity index (χ2n) is 4.76. The average Bonchev–Trinajstić information content (AvgIpc) is 2.93. The van der Waals surface area contributed by atoms with Crippen LogP contribution in [0.1, 0.15) is 51.4 Å². The molecule has 0 unspecified atom stereocenters. The molecule has 0 spiro atoms. The highest BCUT2D eigenvalue weighted by Crippen LogP contribution is 2.10. The fraction of sp³-hybridized carbons (Fsp3) is 0.800. The quantitative estimate of drug-likeness (QED) is 0.347. The van der Waals surface area contributed by atoms with Gasteiger partial charge in [0, 0.05) is 12.8 Å². The zero-order chi connectivity index (χ0) is 13.8. The number of hydrogen-bond acceptors (Lipinski definition) is 4. The molecule has 1 heterocycles. The number of allylic oxidation sites excluding steroid dienone is 1. The van der Waals surface area contributed by atoms with Gasteiger partial charge in [0.25, 0.3) is 0 Å². The van der Waals surface area contributed by atoms with Crippen LogP contribution in [0.5, 0.6) is 0 Å². The molecule has 4 nitrogen and oxygen atoms in total. The molecular weight excluding hydrogens is 244 g/mol. The number of rotatable bonds is 10. The topological polar surface area (TPSA) is 44.8 Å². The normalized spacial score (nSPS) is 16.3. The Kier molecular flexibility index (Phi) is 9.37. The predicted octanol–water partition coefficient (Wildman–Crippen LogP) is 3.21. The van der Waals surface area contributed by atoms with Crippen molar-refractivity contribution in [2.75, 3.05) is 20.3 Å². The zero-order valence-electron chi connectivity index (χ0n) is 11.9. The summed E-state index contributed by atoms with van der Waals surface area (Å²) in [6.45, 7) is 1.45. The summed E-state index contributed by atoms with van der Waals surface area (Å²) in [5, 5.41) is 0. The molecule has 0 aromatic rings. The third-order valence-electron chi connectivity index (χ3n) is 3.17. The Labute approximate surface area is 116 Å². The number of carbonyl (C=O) groups is 1. The van der Waals surface area contributed by atoms with E-state index in [1.54, 1.807) is 0 Å². The second-order valence-corrected chi connectivity index (χ2v) is 4.76. The molecule has 0 aliphatic carbocycles. The fourth-order valence-electron chi connectivity index (χ4n) is 2.03. The lowest BCUT2D eigenvalue weighted by Gasteiger charge is -2.04. The van der Waals surface area contributed by atoms with E-state index >= 15 is 0 Å². The predicted molar refractivity (Wildman–Crippen MR) is 73.8 cm³/mol. The van der Waals surface area contributed by atoms with Crippen LogP contribution in [-0.2, 0) is 19.0 Å². The molecule has 1 aliphatic heterocycles. The molecule has 110 valence electrons. The van der Waals surface area contributed by atoms with Crippen LogP contribution in [0, 0.1) is 0 Å². The van der Waals surface area contributed by atoms with E-state index in [-0.39, 0.29) is 12.3 Å². The summed E-state index contributed by atoms with van der Waals surface area (Å²) in [7, 11) is 1.44. The van der Waals surface area contributed by atoms with E-state index in [0.29, 0.717) is 6.42 Å². The molecule has 0 aromatic heterocycles. The van der Waals surface area contributed by atoms with Crippen molar-refractivity contribution in [3.05, 3.63) is 12.2 Å². The Morgan fingerprint density at radius 2 is 1.79 bits per heavy atom. The number of unbranched alkanes of at least 4 members (excludes halogenated alkanes) is 5. The summed E-state index contributed by atoms with van der Waals surface area (Å²) in [4.78, 5) is 10.9. The third-order valence-corrected chi connectivity index (χ3v) is 3.17. The average molecular weight is 270 g/mol. The Balaban J connectivity index is 1.80. The molecule has 0 radical (unpaired) electrons. The second kappa shape index (κ2) is 11.0. The van der Waals surface area contributed by atoms with E-state index in [2.05, 4.69) is 16.9 Å². The molecule has 1 aliphatic rings. The van der Waals surface area contributed by atoms with E-state index in [1.165, 1.54) is 26.4 Å². The first-order chi connectivity index (χ1) is 9.33. The third kappa shape index (κ3) is 8.78. The van der Waals surface area contributed by atoms with Gasteiger partial charge < -0.3 is 14.2 Å². The number of hydrogen-bond donors (Lipinski definition) is 0. The molecule has 0 atom stereocenters. The van der Waals surface area contributed by atoms with Crippen molar-refractivity contribution >= 4 is 5.97 Å². The highest BCUT2D eigenvalue weighted by molar-refractivity contribution is 5.68. The number of esters is 1. The van der Waals surface area contributed by atoms with Gasteiger partial charge in [0.15, 0.2) is 6.29 Å². The standard InChI is InChI=1S/C15H26O4/c1-17-14(16)10-8-6-4-2-3-5-7-9-11-15-18-12-13-19-15/h7,9,15H,2-6,8,10-13H2,1H3/b9-7-. The molecule has 0 N–H and O–H groups in total. The van der Waals surface area contributed by atoms with Gasteiger partial charge in [-0.3, -0.25) is 4.79 Å². The van der Waals surface area contributed by atoms with Crippen molar-refractivity contribution in [1.82, 2.24) is 0 Å². The Morgan fingerprint density at radius 1 is 1.11 bits per heavy atom. The lowest BCUT2D eigenvalue weighted by atomic mass is 10.1. The highest BCUT2D eigenvalue weighted by Gasteiger charge is 2.12. The van der Waals surface area contributed by atoms with Gasteiger partial charge in [-0.2, -0.15) is 0 Å². The summed E-state index contributed by atoms with van der Waals surface area (Å²) in [6.07, 6.45) is 12.5. The van der Waals surface area contributed by atoms with E-state index in [1.807, 2.05) is 0 Å². The Morgan fingerprint density at radius 3 is 2.53 bits per heavy atom. The fourth-order valence-corrected chi connectivity index (χ4v) is 2.03. The highest BCUT2D eigenvalue weighted by atomic mass is 16.7. The number of methoxy groups -OCH3 is 1. The smallest absolute Gasteiger partial charge is 0.305 e. The van der Waals surface area contributed by atoms with Crippen LogP contribution in [-0.4, -0.2) is 32.6 Å². The molecule has 0 saturated carbocycles. The minimum Gasteiger partial charge on any atom is -0.469 e. The van der Waals surface area contributed by atoms with Crippen LogP contribution in [0.2, 0.25) is 0 Å². The Bertz CT molecular complexity index is 257. The molecule has 1 rings (SSSR count). The molecular formula is C15H26O4. The maximum absolute atomic E-state index is 10.9. The van der Waals surface area contributed by atoms with Crippen LogP contribution < -0.4 is 0 Å². The number of carbonyl (C=O) groups excluding carboxylic acids is 1. The lowest BCUT2D eigenvalue weighted by molar-refractivity contribution is -0.140. The molecule has 0 aromatic carbocycles. The van der Waals surface area contributed by atoms with Gasteiger partial charge in [-0.1, -0.05) is 31.4 Å². The maximum Gasteiger partial charge on any atom is 0.305 e. The minimum atomic E-state index is -0.0979. The van der Waals surface area contributed by atoms with Crippen molar-refractivity contribution in [2.24, 2.45) is 0 Å². The van der Waals surface area contributed by atoms with Crippen LogP contribution in [0.3, 0.4) is 0 Å².